The van der Waals surface area contributed by atoms with Crippen molar-refractivity contribution in [1.82, 2.24) is 24.9 Å². The molecule has 0 radical (unpaired) electrons. The molecule has 0 bridgehead atoms. The summed E-state index contributed by atoms with van der Waals surface area (Å²) in [6.07, 6.45) is 2.86. The molecule has 0 aliphatic carbocycles. The number of hydrogen-bond donors (Lipinski definition) is 2. The Labute approximate surface area is 188 Å². The van der Waals surface area contributed by atoms with E-state index in [0.717, 1.165) is 0 Å². The summed E-state index contributed by atoms with van der Waals surface area (Å²) in [7, 11) is 0. The number of rotatable bonds is 8. The van der Waals surface area contributed by atoms with E-state index in [1.54, 1.807) is 62.4 Å². The molecule has 2 aromatic heterocycles. The molecular formula is C22H21N7O4. The fraction of sp³-hybridized carbons (Fsp3) is 0.182. The molecule has 0 spiro atoms. The van der Waals surface area contributed by atoms with Crippen LogP contribution >= 0.6 is 0 Å². The van der Waals surface area contributed by atoms with Crippen LogP contribution in [0.5, 0.6) is 5.75 Å². The van der Waals surface area contributed by atoms with Crippen molar-refractivity contribution in [3.8, 4) is 5.75 Å². The lowest BCUT2D eigenvalue weighted by Gasteiger charge is -2.12. The summed E-state index contributed by atoms with van der Waals surface area (Å²) in [5, 5.41) is 13.3. The van der Waals surface area contributed by atoms with Gasteiger partial charge in [-0.25, -0.2) is 9.67 Å². The lowest BCUT2D eigenvalue weighted by molar-refractivity contribution is -0.119. The number of amides is 2. The molecule has 4 rings (SSSR count). The highest BCUT2D eigenvalue weighted by atomic mass is 16.5. The fourth-order valence-electron chi connectivity index (χ4n) is 2.87. The van der Waals surface area contributed by atoms with Crippen molar-refractivity contribution in [3.63, 3.8) is 0 Å². The predicted molar refractivity (Wildman–Crippen MR) is 118 cm³/mol. The van der Waals surface area contributed by atoms with Crippen molar-refractivity contribution < 1.29 is 18.8 Å². The molecule has 2 N–H and O–H groups in total. The van der Waals surface area contributed by atoms with Crippen LogP contribution in [0, 0.1) is 6.92 Å². The van der Waals surface area contributed by atoms with Crippen molar-refractivity contribution in [3.05, 3.63) is 78.5 Å². The summed E-state index contributed by atoms with van der Waals surface area (Å²) in [6.45, 7) is 3.60. The molecule has 4 aromatic rings. The molecule has 11 heteroatoms. The molecule has 0 saturated carbocycles. The van der Waals surface area contributed by atoms with E-state index in [0.29, 0.717) is 34.4 Å². The third kappa shape index (κ3) is 5.58. The van der Waals surface area contributed by atoms with Gasteiger partial charge in [0.15, 0.2) is 6.61 Å². The Kier molecular flexibility index (Phi) is 6.39. The minimum atomic E-state index is -0.504. The lowest BCUT2D eigenvalue weighted by atomic mass is 10.2. The van der Waals surface area contributed by atoms with Crippen LogP contribution in [0.4, 0.5) is 11.4 Å². The molecule has 0 aliphatic rings. The van der Waals surface area contributed by atoms with Gasteiger partial charge in [0, 0.05) is 23.9 Å². The van der Waals surface area contributed by atoms with E-state index in [2.05, 4.69) is 30.9 Å². The second kappa shape index (κ2) is 9.73. The maximum atomic E-state index is 12.5. The van der Waals surface area contributed by atoms with Crippen molar-refractivity contribution in [1.29, 1.82) is 0 Å². The SMILES string of the molecule is Cc1nc(COc2ccc(C(=O)Nc3ccc(NC(=O)C(C)n4cncn4)cc3)cc2)no1. The number of benzene rings is 2. The van der Waals surface area contributed by atoms with Crippen LogP contribution in [0.2, 0.25) is 0 Å². The summed E-state index contributed by atoms with van der Waals surface area (Å²) < 4.78 is 11.9. The number of ether oxygens (including phenoxy) is 1. The minimum Gasteiger partial charge on any atom is -0.485 e. The summed E-state index contributed by atoms with van der Waals surface area (Å²) >= 11 is 0. The van der Waals surface area contributed by atoms with Crippen molar-refractivity contribution in [2.24, 2.45) is 0 Å². The zero-order valence-electron chi connectivity index (χ0n) is 17.9. The average molecular weight is 447 g/mol. The Hall–Kier alpha value is -4.54. The number of nitrogens with zero attached hydrogens (tertiary/aromatic N) is 5. The first-order valence-corrected chi connectivity index (χ1v) is 10.1. The number of carbonyl (C=O) groups is 2. The van der Waals surface area contributed by atoms with E-state index in [1.807, 2.05) is 0 Å². The normalized spacial score (nSPS) is 11.6. The van der Waals surface area contributed by atoms with E-state index in [1.165, 1.54) is 17.3 Å². The molecule has 2 amide bonds. The van der Waals surface area contributed by atoms with Crippen LogP contribution in [0.3, 0.4) is 0 Å². The van der Waals surface area contributed by atoms with Crippen LogP contribution in [-0.2, 0) is 11.4 Å². The highest BCUT2D eigenvalue weighted by Crippen LogP contribution is 2.18. The van der Waals surface area contributed by atoms with Crippen molar-refractivity contribution in [2.75, 3.05) is 10.6 Å². The molecule has 2 aromatic carbocycles. The second-order valence-electron chi connectivity index (χ2n) is 7.11. The molecular weight excluding hydrogens is 426 g/mol. The molecule has 0 saturated heterocycles. The summed E-state index contributed by atoms with van der Waals surface area (Å²) in [5.41, 5.74) is 1.66. The first-order chi connectivity index (χ1) is 16.0. The maximum Gasteiger partial charge on any atom is 0.255 e. The molecule has 168 valence electrons. The van der Waals surface area contributed by atoms with Gasteiger partial charge in [0.2, 0.25) is 17.6 Å². The molecule has 1 atom stereocenters. The number of carbonyl (C=O) groups excluding carboxylic acids is 2. The second-order valence-corrected chi connectivity index (χ2v) is 7.11. The predicted octanol–water partition coefficient (Wildman–Crippen LogP) is 3.00. The van der Waals surface area contributed by atoms with Crippen LogP contribution < -0.4 is 15.4 Å². The molecule has 33 heavy (non-hydrogen) atoms. The highest BCUT2D eigenvalue weighted by molar-refractivity contribution is 6.04. The quantitative estimate of drug-likeness (QED) is 0.420. The van der Waals surface area contributed by atoms with Gasteiger partial charge in [0.1, 0.15) is 24.4 Å². The van der Waals surface area contributed by atoms with Gasteiger partial charge in [-0.1, -0.05) is 5.16 Å². The van der Waals surface area contributed by atoms with Gasteiger partial charge in [-0.3, -0.25) is 9.59 Å². The number of aryl methyl sites for hydroxylation is 1. The standard InChI is InChI=1S/C22H21N7O4/c1-14(29-13-23-12-24-29)21(30)26-17-5-7-18(8-6-17)27-22(31)16-3-9-19(10-4-16)32-11-20-25-15(2)33-28-20/h3-10,12-14H,11H2,1-2H3,(H,26,30)(H,27,31). The third-order valence-corrected chi connectivity index (χ3v) is 4.68. The van der Waals surface area contributed by atoms with E-state index >= 15 is 0 Å². The number of aromatic nitrogens is 5. The van der Waals surface area contributed by atoms with Crippen LogP contribution in [0.1, 0.15) is 35.0 Å². The van der Waals surface area contributed by atoms with Crippen LogP contribution in [-0.4, -0.2) is 36.7 Å². The van der Waals surface area contributed by atoms with Crippen molar-refractivity contribution >= 4 is 23.2 Å². The fourth-order valence-corrected chi connectivity index (χ4v) is 2.87. The molecule has 11 nitrogen and oxygen atoms in total. The summed E-state index contributed by atoms with van der Waals surface area (Å²) in [5.74, 6) is 0.995. The van der Waals surface area contributed by atoms with E-state index in [9.17, 15) is 9.59 Å². The Balaban J connectivity index is 1.29. The van der Waals surface area contributed by atoms with E-state index < -0.39 is 6.04 Å². The first-order valence-electron chi connectivity index (χ1n) is 10.1. The summed E-state index contributed by atoms with van der Waals surface area (Å²) in [6, 6.07) is 13.0. The van der Waals surface area contributed by atoms with E-state index in [4.69, 9.17) is 9.26 Å². The topological polar surface area (TPSA) is 137 Å². The van der Waals surface area contributed by atoms with Crippen molar-refractivity contribution in [2.45, 2.75) is 26.5 Å². The largest absolute Gasteiger partial charge is 0.485 e. The van der Waals surface area contributed by atoms with Gasteiger partial charge >= 0.3 is 0 Å². The van der Waals surface area contributed by atoms with Crippen LogP contribution in [0.25, 0.3) is 0 Å². The third-order valence-electron chi connectivity index (χ3n) is 4.68. The van der Waals surface area contributed by atoms with Gasteiger partial charge in [0.05, 0.1) is 0 Å². The van der Waals surface area contributed by atoms with Gasteiger partial charge in [-0.15, -0.1) is 0 Å². The van der Waals surface area contributed by atoms with Gasteiger partial charge in [0.25, 0.3) is 5.91 Å². The average Bonchev–Trinajstić information content (AvgIpc) is 3.51. The zero-order valence-corrected chi connectivity index (χ0v) is 17.9. The smallest absolute Gasteiger partial charge is 0.255 e. The van der Waals surface area contributed by atoms with E-state index in [-0.39, 0.29) is 18.4 Å². The maximum absolute atomic E-state index is 12.5. The molecule has 2 heterocycles. The highest BCUT2D eigenvalue weighted by Gasteiger charge is 2.15. The Morgan fingerprint density at radius 3 is 2.36 bits per heavy atom. The molecule has 0 fully saturated rings. The Bertz CT molecular complexity index is 1220. The number of nitrogens with one attached hydrogen (secondary N) is 2. The number of hydrogen-bond acceptors (Lipinski definition) is 8. The molecule has 0 aliphatic heterocycles. The Morgan fingerprint density at radius 2 is 1.76 bits per heavy atom. The molecule has 1 unspecified atom stereocenters. The van der Waals surface area contributed by atoms with Gasteiger partial charge in [-0.05, 0) is 55.5 Å². The first kappa shape index (κ1) is 21.7. The lowest BCUT2D eigenvalue weighted by Crippen LogP contribution is -2.24. The zero-order chi connectivity index (χ0) is 23.2. The van der Waals surface area contributed by atoms with Gasteiger partial charge < -0.3 is 19.9 Å². The van der Waals surface area contributed by atoms with Gasteiger partial charge in [-0.2, -0.15) is 10.1 Å². The Morgan fingerprint density at radius 1 is 1.06 bits per heavy atom. The summed E-state index contributed by atoms with van der Waals surface area (Å²) in [4.78, 5) is 32.7. The number of anilines is 2. The minimum absolute atomic E-state index is 0.170. The monoisotopic (exact) mass is 447 g/mol. The van der Waals surface area contributed by atoms with Crippen LogP contribution in [0.15, 0.2) is 65.7 Å².